The highest BCUT2D eigenvalue weighted by Gasteiger charge is 2.32. The van der Waals surface area contributed by atoms with Crippen LogP contribution < -0.4 is 5.32 Å². The third-order valence-electron chi connectivity index (χ3n) is 4.07. The summed E-state index contributed by atoms with van der Waals surface area (Å²) in [6, 6.07) is 0. The molecule has 0 bridgehead atoms. The van der Waals surface area contributed by atoms with Gasteiger partial charge >= 0.3 is 0 Å². The van der Waals surface area contributed by atoms with Crippen molar-refractivity contribution in [1.29, 1.82) is 0 Å². The topological polar surface area (TPSA) is 62.8 Å². The molecular formula is C13H22N4O. The molecule has 1 saturated carbocycles. The van der Waals surface area contributed by atoms with Gasteiger partial charge < -0.3 is 10.1 Å². The highest BCUT2D eigenvalue weighted by Crippen LogP contribution is 2.30. The van der Waals surface area contributed by atoms with Crippen molar-refractivity contribution in [2.24, 2.45) is 0 Å². The standard InChI is InChI=1S/C13H22N4O/c1-13(8-14-9-13)18-7-11-15-12(17-16-11)10-5-3-2-4-6-10/h10,14H,2-9H2,1H3,(H,15,16,17). The lowest BCUT2D eigenvalue weighted by Gasteiger charge is -2.38. The van der Waals surface area contributed by atoms with Crippen molar-refractivity contribution < 1.29 is 4.74 Å². The van der Waals surface area contributed by atoms with E-state index in [9.17, 15) is 0 Å². The molecular weight excluding hydrogens is 228 g/mol. The van der Waals surface area contributed by atoms with E-state index in [1.807, 2.05) is 0 Å². The van der Waals surface area contributed by atoms with Crippen LogP contribution in [0.1, 0.15) is 56.6 Å². The van der Waals surface area contributed by atoms with Gasteiger partial charge in [0, 0.05) is 19.0 Å². The van der Waals surface area contributed by atoms with Gasteiger partial charge in [-0.3, -0.25) is 5.10 Å². The van der Waals surface area contributed by atoms with E-state index >= 15 is 0 Å². The van der Waals surface area contributed by atoms with E-state index in [4.69, 9.17) is 4.74 Å². The van der Waals surface area contributed by atoms with Gasteiger partial charge in [0.05, 0.1) is 5.60 Å². The molecule has 1 saturated heterocycles. The van der Waals surface area contributed by atoms with Gasteiger partial charge in [-0.1, -0.05) is 19.3 Å². The largest absolute Gasteiger partial charge is 0.365 e. The minimum atomic E-state index is -0.0161. The van der Waals surface area contributed by atoms with Crippen molar-refractivity contribution in [2.75, 3.05) is 13.1 Å². The first-order valence-corrected chi connectivity index (χ1v) is 7.01. The van der Waals surface area contributed by atoms with Crippen LogP contribution in [0.15, 0.2) is 0 Å². The van der Waals surface area contributed by atoms with Crippen LogP contribution in [-0.4, -0.2) is 33.9 Å². The normalized spacial score (nSPS) is 23.8. The number of nitrogens with zero attached hydrogens (tertiary/aromatic N) is 2. The molecule has 1 aromatic heterocycles. The van der Waals surface area contributed by atoms with Gasteiger partial charge in [0.1, 0.15) is 6.61 Å². The lowest BCUT2D eigenvalue weighted by Crippen LogP contribution is -2.58. The lowest BCUT2D eigenvalue weighted by atomic mass is 9.89. The number of hydrogen-bond donors (Lipinski definition) is 2. The van der Waals surface area contributed by atoms with Crippen LogP contribution >= 0.6 is 0 Å². The van der Waals surface area contributed by atoms with Crippen LogP contribution in [0, 0.1) is 0 Å². The molecule has 2 aliphatic rings. The molecule has 2 heterocycles. The van der Waals surface area contributed by atoms with E-state index in [-0.39, 0.29) is 5.60 Å². The zero-order valence-electron chi connectivity index (χ0n) is 11.0. The van der Waals surface area contributed by atoms with Crippen molar-refractivity contribution in [3.8, 4) is 0 Å². The molecule has 2 N–H and O–H groups in total. The average Bonchev–Trinajstić information content (AvgIpc) is 2.84. The first-order valence-electron chi connectivity index (χ1n) is 7.01. The van der Waals surface area contributed by atoms with E-state index < -0.39 is 0 Å². The molecule has 5 nitrogen and oxygen atoms in total. The molecule has 0 aromatic carbocycles. The zero-order chi connectivity index (χ0) is 12.4. The number of aromatic amines is 1. The monoisotopic (exact) mass is 250 g/mol. The molecule has 5 heteroatoms. The predicted molar refractivity (Wildman–Crippen MR) is 68.3 cm³/mol. The summed E-state index contributed by atoms with van der Waals surface area (Å²) in [5.41, 5.74) is -0.0161. The van der Waals surface area contributed by atoms with Crippen LogP contribution in [0.5, 0.6) is 0 Å². The molecule has 1 aliphatic carbocycles. The van der Waals surface area contributed by atoms with Crippen molar-refractivity contribution >= 4 is 0 Å². The van der Waals surface area contributed by atoms with E-state index in [1.165, 1.54) is 32.1 Å². The van der Waals surface area contributed by atoms with Crippen molar-refractivity contribution in [2.45, 2.75) is 57.2 Å². The maximum Gasteiger partial charge on any atom is 0.153 e. The molecule has 0 atom stereocenters. The first kappa shape index (κ1) is 12.1. The number of nitrogens with one attached hydrogen (secondary N) is 2. The number of aromatic nitrogens is 3. The van der Waals surface area contributed by atoms with Gasteiger partial charge in [0.15, 0.2) is 11.6 Å². The second-order valence-corrected chi connectivity index (χ2v) is 5.82. The molecule has 1 aromatic rings. The Hall–Kier alpha value is -0.940. The van der Waals surface area contributed by atoms with Crippen LogP contribution in [0.2, 0.25) is 0 Å². The summed E-state index contributed by atoms with van der Waals surface area (Å²) in [5.74, 6) is 2.42. The number of hydrogen-bond acceptors (Lipinski definition) is 4. The van der Waals surface area contributed by atoms with Crippen LogP contribution in [0.25, 0.3) is 0 Å². The Labute approximate surface area is 108 Å². The predicted octanol–water partition coefficient (Wildman–Crippen LogP) is 1.73. The highest BCUT2D eigenvalue weighted by atomic mass is 16.5. The Kier molecular flexibility index (Phi) is 3.35. The maximum absolute atomic E-state index is 5.86. The van der Waals surface area contributed by atoms with Crippen LogP contribution in [0.3, 0.4) is 0 Å². The highest BCUT2D eigenvalue weighted by molar-refractivity contribution is 4.99. The van der Waals surface area contributed by atoms with Gasteiger partial charge in [-0.15, -0.1) is 0 Å². The first-order chi connectivity index (χ1) is 8.75. The van der Waals surface area contributed by atoms with E-state index in [0.717, 1.165) is 24.7 Å². The molecule has 1 aliphatic heterocycles. The molecule has 2 fully saturated rings. The number of rotatable bonds is 4. The fourth-order valence-electron chi connectivity index (χ4n) is 2.74. The zero-order valence-corrected chi connectivity index (χ0v) is 11.0. The van der Waals surface area contributed by atoms with Crippen molar-refractivity contribution in [3.63, 3.8) is 0 Å². The third kappa shape index (κ3) is 2.57. The Morgan fingerprint density at radius 2 is 2.06 bits per heavy atom. The molecule has 0 radical (unpaired) electrons. The summed E-state index contributed by atoms with van der Waals surface area (Å²) in [7, 11) is 0. The summed E-state index contributed by atoms with van der Waals surface area (Å²) in [4.78, 5) is 4.58. The minimum absolute atomic E-state index is 0.0161. The summed E-state index contributed by atoms with van der Waals surface area (Å²) in [6.45, 7) is 4.52. The SMILES string of the molecule is CC1(OCc2nc(C3CCCCC3)n[nH]2)CNC1. The van der Waals surface area contributed by atoms with Gasteiger partial charge in [-0.05, 0) is 19.8 Å². The average molecular weight is 250 g/mol. The maximum atomic E-state index is 5.86. The molecule has 0 spiro atoms. The van der Waals surface area contributed by atoms with Gasteiger partial charge in [0.25, 0.3) is 0 Å². The van der Waals surface area contributed by atoms with Gasteiger partial charge in [-0.2, -0.15) is 5.10 Å². The Bertz CT molecular complexity index is 393. The quantitative estimate of drug-likeness (QED) is 0.854. The molecule has 100 valence electrons. The number of ether oxygens (including phenoxy) is 1. The van der Waals surface area contributed by atoms with E-state index in [0.29, 0.717) is 12.5 Å². The Morgan fingerprint density at radius 1 is 1.28 bits per heavy atom. The van der Waals surface area contributed by atoms with Crippen LogP contribution in [0.4, 0.5) is 0 Å². The number of H-pyrrole nitrogens is 1. The second kappa shape index (κ2) is 4.97. The summed E-state index contributed by atoms with van der Waals surface area (Å²) in [6.07, 6.45) is 6.46. The minimum Gasteiger partial charge on any atom is -0.365 e. The fourth-order valence-corrected chi connectivity index (χ4v) is 2.74. The molecule has 0 amide bonds. The molecule has 3 rings (SSSR count). The van der Waals surface area contributed by atoms with Crippen molar-refractivity contribution in [3.05, 3.63) is 11.6 Å². The van der Waals surface area contributed by atoms with Gasteiger partial charge in [-0.25, -0.2) is 4.98 Å². The fraction of sp³-hybridized carbons (Fsp3) is 0.846. The third-order valence-corrected chi connectivity index (χ3v) is 4.07. The Balaban J connectivity index is 1.55. The van der Waals surface area contributed by atoms with Gasteiger partial charge in [0.2, 0.25) is 0 Å². The lowest BCUT2D eigenvalue weighted by molar-refractivity contribution is -0.0789. The second-order valence-electron chi connectivity index (χ2n) is 5.82. The molecule has 0 unspecified atom stereocenters. The smallest absolute Gasteiger partial charge is 0.153 e. The van der Waals surface area contributed by atoms with Crippen LogP contribution in [-0.2, 0) is 11.3 Å². The summed E-state index contributed by atoms with van der Waals surface area (Å²) in [5, 5.41) is 10.6. The van der Waals surface area contributed by atoms with E-state index in [2.05, 4.69) is 27.4 Å². The van der Waals surface area contributed by atoms with Crippen molar-refractivity contribution in [1.82, 2.24) is 20.5 Å². The Morgan fingerprint density at radius 3 is 2.72 bits per heavy atom. The molecule has 18 heavy (non-hydrogen) atoms. The van der Waals surface area contributed by atoms with E-state index in [1.54, 1.807) is 0 Å². The summed E-state index contributed by atoms with van der Waals surface area (Å²) < 4.78 is 5.86. The summed E-state index contributed by atoms with van der Waals surface area (Å²) >= 11 is 0.